The van der Waals surface area contributed by atoms with Crippen LogP contribution in [0, 0.1) is 0 Å². The van der Waals surface area contributed by atoms with Crippen molar-refractivity contribution in [1.29, 1.82) is 0 Å². The molecule has 0 aliphatic carbocycles. The molecule has 1 aromatic carbocycles. The van der Waals surface area contributed by atoms with Crippen LogP contribution < -0.4 is 10.5 Å². The minimum atomic E-state index is 0.530. The average molecular weight is 217 g/mol. The highest BCUT2D eigenvalue weighted by Crippen LogP contribution is 2.20. The lowest BCUT2D eigenvalue weighted by molar-refractivity contribution is 0.328. The average Bonchev–Trinajstić information content (AvgIpc) is 2.74. The van der Waals surface area contributed by atoms with Gasteiger partial charge in [0.1, 0.15) is 12.4 Å². The fourth-order valence-corrected chi connectivity index (χ4v) is 1.47. The number of ether oxygens (including phenoxy) is 1. The fourth-order valence-electron chi connectivity index (χ4n) is 1.47. The Morgan fingerprint density at radius 1 is 1.25 bits per heavy atom. The Hall–Kier alpha value is -1.81. The minimum Gasteiger partial charge on any atom is -0.492 e. The fraction of sp³-hybridized carbons (Fsp3) is 0.250. The molecule has 1 heterocycles. The standard InChI is InChI=1S/C12H15N3O/c1-15-8-6-12(14-15)10-2-4-11(5-3-10)16-9-7-13/h2-6,8H,7,9,13H2,1H3. The van der Waals surface area contributed by atoms with E-state index in [-0.39, 0.29) is 0 Å². The van der Waals surface area contributed by atoms with E-state index in [2.05, 4.69) is 5.10 Å². The molecule has 2 N–H and O–H groups in total. The molecule has 0 saturated heterocycles. The third-order valence-electron chi connectivity index (χ3n) is 2.25. The van der Waals surface area contributed by atoms with Crippen molar-refractivity contribution in [2.45, 2.75) is 0 Å². The van der Waals surface area contributed by atoms with Gasteiger partial charge in [0.05, 0.1) is 5.69 Å². The van der Waals surface area contributed by atoms with Gasteiger partial charge in [0, 0.05) is 25.4 Å². The first kappa shape index (κ1) is 10.7. The van der Waals surface area contributed by atoms with Gasteiger partial charge in [-0.15, -0.1) is 0 Å². The highest BCUT2D eigenvalue weighted by molar-refractivity contribution is 5.59. The molecule has 0 fully saturated rings. The Morgan fingerprint density at radius 2 is 2.00 bits per heavy atom. The summed E-state index contributed by atoms with van der Waals surface area (Å²) >= 11 is 0. The summed E-state index contributed by atoms with van der Waals surface area (Å²) in [5.41, 5.74) is 7.41. The molecule has 2 rings (SSSR count). The summed E-state index contributed by atoms with van der Waals surface area (Å²) in [6, 6.07) is 9.83. The molecule has 0 bridgehead atoms. The Labute approximate surface area is 94.6 Å². The van der Waals surface area contributed by atoms with Crippen LogP contribution in [0.5, 0.6) is 5.75 Å². The van der Waals surface area contributed by atoms with Crippen LogP contribution in [-0.2, 0) is 7.05 Å². The van der Waals surface area contributed by atoms with Gasteiger partial charge in [0.15, 0.2) is 0 Å². The van der Waals surface area contributed by atoms with Gasteiger partial charge < -0.3 is 10.5 Å². The zero-order chi connectivity index (χ0) is 11.4. The lowest BCUT2D eigenvalue weighted by Gasteiger charge is -2.04. The SMILES string of the molecule is Cn1ccc(-c2ccc(OCCN)cc2)n1. The van der Waals surface area contributed by atoms with Crippen LogP contribution in [-0.4, -0.2) is 22.9 Å². The second-order valence-corrected chi connectivity index (χ2v) is 3.54. The highest BCUT2D eigenvalue weighted by Gasteiger charge is 2.01. The summed E-state index contributed by atoms with van der Waals surface area (Å²) in [6.45, 7) is 1.07. The van der Waals surface area contributed by atoms with Gasteiger partial charge in [-0.1, -0.05) is 0 Å². The second-order valence-electron chi connectivity index (χ2n) is 3.54. The quantitative estimate of drug-likeness (QED) is 0.842. The van der Waals surface area contributed by atoms with E-state index >= 15 is 0 Å². The maximum absolute atomic E-state index is 5.40. The number of nitrogens with two attached hydrogens (primary N) is 1. The molecule has 4 nitrogen and oxygen atoms in total. The molecule has 4 heteroatoms. The molecule has 0 amide bonds. The first-order valence-corrected chi connectivity index (χ1v) is 5.22. The number of aromatic nitrogens is 2. The number of aryl methyl sites for hydroxylation is 1. The van der Waals surface area contributed by atoms with E-state index in [4.69, 9.17) is 10.5 Å². The van der Waals surface area contributed by atoms with Crippen LogP contribution in [0.15, 0.2) is 36.5 Å². The highest BCUT2D eigenvalue weighted by atomic mass is 16.5. The van der Waals surface area contributed by atoms with Crippen molar-refractivity contribution in [2.75, 3.05) is 13.2 Å². The van der Waals surface area contributed by atoms with Crippen molar-refractivity contribution in [3.63, 3.8) is 0 Å². The first-order valence-electron chi connectivity index (χ1n) is 5.22. The maximum Gasteiger partial charge on any atom is 0.119 e. The predicted octanol–water partition coefficient (Wildman–Crippen LogP) is 1.42. The van der Waals surface area contributed by atoms with Gasteiger partial charge >= 0.3 is 0 Å². The number of rotatable bonds is 4. The molecule has 0 saturated carbocycles. The molecule has 0 spiro atoms. The monoisotopic (exact) mass is 217 g/mol. The van der Waals surface area contributed by atoms with Crippen molar-refractivity contribution in [2.24, 2.45) is 12.8 Å². The van der Waals surface area contributed by atoms with Crippen molar-refractivity contribution < 1.29 is 4.74 Å². The summed E-state index contributed by atoms with van der Waals surface area (Å²) < 4.78 is 7.19. The molecule has 0 unspecified atom stereocenters. The third-order valence-corrected chi connectivity index (χ3v) is 2.25. The smallest absolute Gasteiger partial charge is 0.119 e. The van der Waals surface area contributed by atoms with Gasteiger partial charge in [0.2, 0.25) is 0 Å². The van der Waals surface area contributed by atoms with Crippen LogP contribution in [0.4, 0.5) is 0 Å². The molecule has 0 radical (unpaired) electrons. The predicted molar refractivity (Wildman–Crippen MR) is 63.2 cm³/mol. The Bertz CT molecular complexity index is 448. The molecule has 16 heavy (non-hydrogen) atoms. The van der Waals surface area contributed by atoms with Gasteiger partial charge in [0.25, 0.3) is 0 Å². The normalized spacial score (nSPS) is 10.4. The zero-order valence-corrected chi connectivity index (χ0v) is 9.26. The third kappa shape index (κ3) is 2.41. The van der Waals surface area contributed by atoms with Crippen LogP contribution in [0.2, 0.25) is 0 Å². The van der Waals surface area contributed by atoms with E-state index < -0.39 is 0 Å². The molecule has 0 aliphatic heterocycles. The number of benzene rings is 1. The van der Waals surface area contributed by atoms with Gasteiger partial charge in [-0.2, -0.15) is 5.10 Å². The second kappa shape index (κ2) is 4.81. The van der Waals surface area contributed by atoms with Crippen LogP contribution in [0.3, 0.4) is 0 Å². The molecular formula is C12H15N3O. The summed E-state index contributed by atoms with van der Waals surface area (Å²) in [5, 5.41) is 4.33. The summed E-state index contributed by atoms with van der Waals surface area (Å²) in [5.74, 6) is 0.838. The topological polar surface area (TPSA) is 53.1 Å². The lowest BCUT2D eigenvalue weighted by atomic mass is 10.1. The Balaban J connectivity index is 2.13. The summed E-state index contributed by atoms with van der Waals surface area (Å²) in [6.07, 6.45) is 1.92. The molecule has 84 valence electrons. The van der Waals surface area contributed by atoms with Gasteiger partial charge in [-0.3, -0.25) is 4.68 Å². The molecular weight excluding hydrogens is 202 g/mol. The van der Waals surface area contributed by atoms with Crippen LogP contribution >= 0.6 is 0 Å². The van der Waals surface area contributed by atoms with Crippen molar-refractivity contribution >= 4 is 0 Å². The minimum absolute atomic E-state index is 0.530. The van der Waals surface area contributed by atoms with Crippen LogP contribution in [0.25, 0.3) is 11.3 Å². The summed E-state index contributed by atoms with van der Waals surface area (Å²) in [4.78, 5) is 0. The van der Waals surface area contributed by atoms with Crippen molar-refractivity contribution in [3.8, 4) is 17.0 Å². The van der Waals surface area contributed by atoms with Gasteiger partial charge in [-0.05, 0) is 30.3 Å². The van der Waals surface area contributed by atoms with Crippen molar-refractivity contribution in [3.05, 3.63) is 36.5 Å². The number of hydrogen-bond donors (Lipinski definition) is 1. The molecule has 1 aromatic heterocycles. The maximum atomic E-state index is 5.40. The number of hydrogen-bond acceptors (Lipinski definition) is 3. The van der Waals surface area contributed by atoms with Crippen LogP contribution in [0.1, 0.15) is 0 Å². The van der Waals surface area contributed by atoms with Gasteiger partial charge in [-0.25, -0.2) is 0 Å². The van der Waals surface area contributed by atoms with Crippen molar-refractivity contribution in [1.82, 2.24) is 9.78 Å². The van der Waals surface area contributed by atoms with E-state index in [1.807, 2.05) is 43.6 Å². The molecule has 0 aliphatic rings. The van der Waals surface area contributed by atoms with E-state index in [9.17, 15) is 0 Å². The summed E-state index contributed by atoms with van der Waals surface area (Å²) in [7, 11) is 1.90. The molecule has 0 atom stereocenters. The Morgan fingerprint density at radius 3 is 2.56 bits per heavy atom. The largest absolute Gasteiger partial charge is 0.492 e. The zero-order valence-electron chi connectivity index (χ0n) is 9.26. The first-order chi connectivity index (χ1) is 7.79. The lowest BCUT2D eigenvalue weighted by Crippen LogP contribution is -2.10. The van der Waals surface area contributed by atoms with E-state index in [1.54, 1.807) is 4.68 Å². The number of nitrogens with zero attached hydrogens (tertiary/aromatic N) is 2. The molecule has 2 aromatic rings. The Kier molecular flexibility index (Phi) is 3.22. The van der Waals surface area contributed by atoms with E-state index in [1.165, 1.54) is 0 Å². The van der Waals surface area contributed by atoms with E-state index in [0.717, 1.165) is 17.0 Å². The van der Waals surface area contributed by atoms with E-state index in [0.29, 0.717) is 13.2 Å².